The third-order valence-corrected chi connectivity index (χ3v) is 3.73. The summed E-state index contributed by atoms with van der Waals surface area (Å²) in [6, 6.07) is 0. The highest BCUT2D eigenvalue weighted by Crippen LogP contribution is 2.00. The number of nitrogens with zero attached hydrogens (tertiary/aromatic N) is 4. The molecule has 1 aliphatic heterocycles. The van der Waals surface area contributed by atoms with Crippen molar-refractivity contribution in [2.24, 2.45) is 17.8 Å². The standard InChI is InChI=1S/C15H28N6O/c1-20-13-14(12-19-20)4-2-5-17-15(16)18-6-3-7-21-8-10-22-11-9-21/h12-13H,2-11H2,1H3,(H3,16,17,18). The van der Waals surface area contributed by atoms with Crippen LogP contribution in [0.4, 0.5) is 0 Å². The van der Waals surface area contributed by atoms with Gasteiger partial charge < -0.3 is 15.8 Å². The van der Waals surface area contributed by atoms with Crippen LogP contribution in [0.5, 0.6) is 0 Å². The summed E-state index contributed by atoms with van der Waals surface area (Å²) in [5, 5.41) is 7.33. The first-order valence-corrected chi connectivity index (χ1v) is 8.05. The van der Waals surface area contributed by atoms with E-state index in [2.05, 4.69) is 20.3 Å². The fraction of sp³-hybridized carbons (Fsp3) is 0.733. The summed E-state index contributed by atoms with van der Waals surface area (Å²) in [4.78, 5) is 6.78. The fourth-order valence-corrected chi connectivity index (χ4v) is 2.48. The Hall–Kier alpha value is -1.60. The topological polar surface area (TPSA) is 80.7 Å². The summed E-state index contributed by atoms with van der Waals surface area (Å²) in [7, 11) is 1.93. The lowest BCUT2D eigenvalue weighted by Gasteiger charge is -2.26. The van der Waals surface area contributed by atoms with Crippen molar-refractivity contribution >= 4 is 5.96 Å². The van der Waals surface area contributed by atoms with Crippen LogP contribution in [0.3, 0.4) is 0 Å². The van der Waals surface area contributed by atoms with E-state index in [1.54, 1.807) is 0 Å². The van der Waals surface area contributed by atoms with E-state index in [0.29, 0.717) is 5.96 Å². The summed E-state index contributed by atoms with van der Waals surface area (Å²) in [6.07, 6.45) is 6.99. The van der Waals surface area contributed by atoms with Gasteiger partial charge in [0.15, 0.2) is 5.96 Å². The Morgan fingerprint density at radius 1 is 1.41 bits per heavy atom. The molecule has 2 heterocycles. The van der Waals surface area contributed by atoms with E-state index in [1.165, 1.54) is 5.56 Å². The van der Waals surface area contributed by atoms with Crippen molar-refractivity contribution in [3.8, 4) is 0 Å². The zero-order valence-corrected chi connectivity index (χ0v) is 13.5. The van der Waals surface area contributed by atoms with Gasteiger partial charge in [0.1, 0.15) is 0 Å². The predicted octanol–water partition coefficient (Wildman–Crippen LogP) is -0.0207. The summed E-state index contributed by atoms with van der Waals surface area (Å²) in [6.45, 7) is 6.49. The molecule has 7 nitrogen and oxygen atoms in total. The molecule has 1 aromatic rings. The quantitative estimate of drug-likeness (QED) is 0.401. The molecule has 1 aromatic heterocycles. The number of aryl methyl sites for hydroxylation is 2. The number of morpholine rings is 1. The van der Waals surface area contributed by atoms with E-state index in [9.17, 15) is 0 Å². The van der Waals surface area contributed by atoms with Gasteiger partial charge in [-0.2, -0.15) is 5.10 Å². The molecular weight excluding hydrogens is 280 g/mol. The average molecular weight is 308 g/mol. The Bertz CT molecular complexity index is 453. The zero-order chi connectivity index (χ0) is 15.6. The third-order valence-electron chi connectivity index (χ3n) is 3.73. The van der Waals surface area contributed by atoms with Gasteiger partial charge in [0, 0.05) is 39.4 Å². The number of aromatic nitrogens is 2. The Balaban J connectivity index is 1.49. The maximum absolute atomic E-state index is 5.87. The monoisotopic (exact) mass is 308 g/mol. The Morgan fingerprint density at radius 2 is 2.23 bits per heavy atom. The van der Waals surface area contributed by atoms with Crippen LogP contribution in [0, 0.1) is 0 Å². The van der Waals surface area contributed by atoms with E-state index >= 15 is 0 Å². The third kappa shape index (κ3) is 6.44. The lowest BCUT2D eigenvalue weighted by Crippen LogP contribution is -2.39. The molecule has 2 rings (SSSR count). The summed E-state index contributed by atoms with van der Waals surface area (Å²) in [5.74, 6) is 0.549. The molecule has 0 unspecified atom stereocenters. The fourth-order valence-electron chi connectivity index (χ4n) is 2.48. The van der Waals surface area contributed by atoms with Crippen molar-refractivity contribution in [3.05, 3.63) is 18.0 Å². The molecule has 0 spiro atoms. The molecule has 3 N–H and O–H groups in total. The molecule has 0 radical (unpaired) electrons. The van der Waals surface area contributed by atoms with Crippen molar-refractivity contribution in [3.63, 3.8) is 0 Å². The van der Waals surface area contributed by atoms with Crippen molar-refractivity contribution in [1.82, 2.24) is 20.0 Å². The highest BCUT2D eigenvalue weighted by atomic mass is 16.5. The lowest BCUT2D eigenvalue weighted by atomic mass is 10.2. The molecule has 1 fully saturated rings. The largest absolute Gasteiger partial charge is 0.379 e. The van der Waals surface area contributed by atoms with Crippen molar-refractivity contribution in [2.75, 3.05) is 45.9 Å². The van der Waals surface area contributed by atoms with E-state index in [1.807, 2.05) is 24.1 Å². The molecule has 7 heteroatoms. The highest BCUT2D eigenvalue weighted by Gasteiger charge is 2.08. The van der Waals surface area contributed by atoms with Gasteiger partial charge in [-0.25, -0.2) is 0 Å². The van der Waals surface area contributed by atoms with Crippen LogP contribution >= 0.6 is 0 Å². The van der Waals surface area contributed by atoms with Crippen LogP contribution in [0.25, 0.3) is 0 Å². The van der Waals surface area contributed by atoms with Gasteiger partial charge in [-0.1, -0.05) is 0 Å². The summed E-state index contributed by atoms with van der Waals surface area (Å²) >= 11 is 0. The Kier molecular flexibility index (Phi) is 7.18. The van der Waals surface area contributed by atoms with E-state index in [4.69, 9.17) is 10.5 Å². The molecule has 0 amide bonds. The number of hydrogen-bond donors (Lipinski definition) is 2. The molecule has 0 atom stereocenters. The smallest absolute Gasteiger partial charge is 0.188 e. The maximum Gasteiger partial charge on any atom is 0.188 e. The minimum atomic E-state index is 0.549. The lowest BCUT2D eigenvalue weighted by molar-refractivity contribution is 0.0376. The average Bonchev–Trinajstić information content (AvgIpc) is 2.95. The number of nitrogens with one attached hydrogen (secondary N) is 1. The molecule has 124 valence electrons. The minimum Gasteiger partial charge on any atom is -0.379 e. The van der Waals surface area contributed by atoms with Crippen LogP contribution in [-0.4, -0.2) is 66.6 Å². The highest BCUT2D eigenvalue weighted by molar-refractivity contribution is 5.77. The summed E-state index contributed by atoms with van der Waals surface area (Å²) < 4.78 is 7.15. The molecule has 0 aliphatic carbocycles. The second kappa shape index (κ2) is 9.42. The SMILES string of the molecule is Cn1cc(CCCN=C(N)NCCCN2CCOCC2)cn1. The number of hydrogen-bond acceptors (Lipinski definition) is 4. The molecule has 0 saturated carbocycles. The first-order valence-electron chi connectivity index (χ1n) is 8.05. The minimum absolute atomic E-state index is 0.549. The first kappa shape index (κ1) is 16.8. The summed E-state index contributed by atoms with van der Waals surface area (Å²) in [5.41, 5.74) is 7.11. The molecule has 1 saturated heterocycles. The molecule has 0 bridgehead atoms. The van der Waals surface area contributed by atoms with Gasteiger partial charge >= 0.3 is 0 Å². The van der Waals surface area contributed by atoms with Crippen LogP contribution in [0.2, 0.25) is 0 Å². The number of aliphatic imine (C=N–C) groups is 1. The van der Waals surface area contributed by atoms with Gasteiger partial charge in [0.25, 0.3) is 0 Å². The van der Waals surface area contributed by atoms with Crippen LogP contribution < -0.4 is 11.1 Å². The molecule has 1 aliphatic rings. The van der Waals surface area contributed by atoms with Gasteiger partial charge in [-0.05, 0) is 31.4 Å². The normalized spacial score (nSPS) is 16.9. The van der Waals surface area contributed by atoms with E-state index in [0.717, 1.165) is 65.2 Å². The molecular formula is C15H28N6O. The number of rotatable bonds is 8. The number of ether oxygens (including phenoxy) is 1. The zero-order valence-electron chi connectivity index (χ0n) is 13.5. The van der Waals surface area contributed by atoms with Crippen molar-refractivity contribution in [1.29, 1.82) is 0 Å². The van der Waals surface area contributed by atoms with Crippen LogP contribution in [0.15, 0.2) is 17.4 Å². The Labute approximate surface area is 132 Å². The number of nitrogens with two attached hydrogens (primary N) is 1. The first-order chi connectivity index (χ1) is 10.7. The van der Waals surface area contributed by atoms with Gasteiger partial charge in [0.05, 0.1) is 19.4 Å². The van der Waals surface area contributed by atoms with E-state index < -0.39 is 0 Å². The van der Waals surface area contributed by atoms with Crippen molar-refractivity contribution in [2.45, 2.75) is 19.3 Å². The van der Waals surface area contributed by atoms with Crippen LogP contribution in [-0.2, 0) is 18.2 Å². The van der Waals surface area contributed by atoms with Gasteiger partial charge in [0.2, 0.25) is 0 Å². The van der Waals surface area contributed by atoms with Crippen LogP contribution in [0.1, 0.15) is 18.4 Å². The second-order valence-electron chi connectivity index (χ2n) is 5.63. The van der Waals surface area contributed by atoms with E-state index in [-0.39, 0.29) is 0 Å². The second-order valence-corrected chi connectivity index (χ2v) is 5.63. The predicted molar refractivity (Wildman–Crippen MR) is 87.9 cm³/mol. The van der Waals surface area contributed by atoms with Gasteiger partial charge in [-0.3, -0.25) is 14.6 Å². The molecule has 0 aromatic carbocycles. The maximum atomic E-state index is 5.87. The van der Waals surface area contributed by atoms with Crippen molar-refractivity contribution < 1.29 is 4.74 Å². The van der Waals surface area contributed by atoms with Gasteiger partial charge in [-0.15, -0.1) is 0 Å². The molecule has 22 heavy (non-hydrogen) atoms. The Morgan fingerprint density at radius 3 is 2.95 bits per heavy atom. The number of guanidine groups is 1.